The maximum atomic E-state index is 13.3. The van der Waals surface area contributed by atoms with Gasteiger partial charge in [-0.05, 0) is 30.8 Å². The van der Waals surface area contributed by atoms with Crippen LogP contribution in [0.3, 0.4) is 0 Å². The van der Waals surface area contributed by atoms with Crippen LogP contribution in [0, 0.1) is 5.82 Å². The summed E-state index contributed by atoms with van der Waals surface area (Å²) in [4.78, 5) is 3.90. The van der Waals surface area contributed by atoms with E-state index in [4.69, 9.17) is 0 Å². The molecule has 4 nitrogen and oxygen atoms in total. The van der Waals surface area contributed by atoms with Gasteiger partial charge >= 0.3 is 0 Å². The minimum atomic E-state index is -0.339. The highest BCUT2D eigenvalue weighted by Gasteiger charge is 2.17. The van der Waals surface area contributed by atoms with Crippen molar-refractivity contribution in [2.24, 2.45) is 0 Å². The second-order valence-corrected chi connectivity index (χ2v) is 4.29. The van der Waals surface area contributed by atoms with Gasteiger partial charge in [0.1, 0.15) is 5.82 Å². The highest BCUT2D eigenvalue weighted by Crippen LogP contribution is 2.25. The van der Waals surface area contributed by atoms with Crippen molar-refractivity contribution >= 4 is 5.52 Å². The summed E-state index contributed by atoms with van der Waals surface area (Å²) in [5.41, 5.74) is 2.77. The molecule has 1 unspecified atom stereocenters. The van der Waals surface area contributed by atoms with Gasteiger partial charge in [0.25, 0.3) is 0 Å². The van der Waals surface area contributed by atoms with Crippen LogP contribution in [0.2, 0.25) is 0 Å². The molecule has 3 heterocycles. The Morgan fingerprint density at radius 3 is 2.95 bits per heavy atom. The lowest BCUT2D eigenvalue weighted by Crippen LogP contribution is -2.17. The minimum absolute atomic E-state index is 0.136. The number of nitrogens with one attached hydrogen (secondary N) is 1. The third-order valence-electron chi connectivity index (χ3n) is 3.12. The number of halogens is 1. The number of fused-ring (bicyclic) bond motifs is 1. The maximum absolute atomic E-state index is 13.3. The fourth-order valence-electron chi connectivity index (χ4n) is 2.26. The third kappa shape index (κ3) is 2.08. The molecule has 0 saturated heterocycles. The smallest absolute Gasteiger partial charge is 0.141 e. The third-order valence-corrected chi connectivity index (χ3v) is 3.12. The van der Waals surface area contributed by atoms with Crippen LogP contribution in [0.1, 0.15) is 17.2 Å². The van der Waals surface area contributed by atoms with Crippen molar-refractivity contribution in [1.29, 1.82) is 0 Å². The van der Waals surface area contributed by atoms with Crippen molar-refractivity contribution in [3.8, 4) is 0 Å². The van der Waals surface area contributed by atoms with E-state index in [1.165, 1.54) is 12.3 Å². The van der Waals surface area contributed by atoms with Gasteiger partial charge in [-0.3, -0.25) is 4.98 Å². The molecule has 0 aliphatic heterocycles. The van der Waals surface area contributed by atoms with Gasteiger partial charge in [-0.2, -0.15) is 5.10 Å². The molecule has 0 aliphatic rings. The van der Waals surface area contributed by atoms with Crippen LogP contribution in [0.4, 0.5) is 4.39 Å². The van der Waals surface area contributed by atoms with E-state index in [0.717, 1.165) is 16.6 Å². The molecule has 0 aliphatic carbocycles. The SMILES string of the molecule is CNC(c1cncc(F)c1)c1cnn2ccccc12. The molecule has 19 heavy (non-hydrogen) atoms. The number of rotatable bonds is 3. The average Bonchev–Trinajstić information content (AvgIpc) is 2.84. The first-order valence-corrected chi connectivity index (χ1v) is 5.99. The van der Waals surface area contributed by atoms with Crippen LogP contribution < -0.4 is 5.32 Å². The average molecular weight is 256 g/mol. The molecule has 0 bridgehead atoms. The molecule has 1 N–H and O–H groups in total. The van der Waals surface area contributed by atoms with Crippen LogP contribution in [0.25, 0.3) is 5.52 Å². The molecule has 3 rings (SSSR count). The van der Waals surface area contributed by atoms with Crippen molar-refractivity contribution in [2.75, 3.05) is 7.05 Å². The first kappa shape index (κ1) is 11.8. The number of hydrogen-bond donors (Lipinski definition) is 1. The zero-order valence-electron chi connectivity index (χ0n) is 10.4. The van der Waals surface area contributed by atoms with E-state index in [1.807, 2.05) is 31.4 Å². The first-order valence-electron chi connectivity index (χ1n) is 5.99. The summed E-state index contributed by atoms with van der Waals surface area (Å²) in [5, 5.41) is 7.48. The van der Waals surface area contributed by atoms with Crippen molar-refractivity contribution in [2.45, 2.75) is 6.04 Å². The molecule has 0 radical (unpaired) electrons. The fourth-order valence-corrected chi connectivity index (χ4v) is 2.26. The summed E-state index contributed by atoms with van der Waals surface area (Å²) < 4.78 is 15.1. The van der Waals surface area contributed by atoms with E-state index in [1.54, 1.807) is 16.9 Å². The number of hydrogen-bond acceptors (Lipinski definition) is 3. The lowest BCUT2D eigenvalue weighted by atomic mass is 10.0. The molecule has 0 aromatic carbocycles. The molecule has 0 spiro atoms. The van der Waals surface area contributed by atoms with Gasteiger partial charge in [0.2, 0.25) is 0 Å². The summed E-state index contributed by atoms with van der Waals surface area (Å²) in [6, 6.07) is 7.21. The van der Waals surface area contributed by atoms with Crippen LogP contribution in [-0.2, 0) is 0 Å². The van der Waals surface area contributed by atoms with E-state index in [-0.39, 0.29) is 11.9 Å². The maximum Gasteiger partial charge on any atom is 0.141 e. The normalized spacial score (nSPS) is 12.7. The number of nitrogens with zero attached hydrogens (tertiary/aromatic N) is 3. The van der Waals surface area contributed by atoms with Gasteiger partial charge in [-0.15, -0.1) is 0 Å². The van der Waals surface area contributed by atoms with Crippen LogP contribution >= 0.6 is 0 Å². The van der Waals surface area contributed by atoms with Crippen molar-refractivity contribution in [3.05, 3.63) is 66.0 Å². The molecule has 1 atom stereocenters. The van der Waals surface area contributed by atoms with E-state index >= 15 is 0 Å². The molecule has 0 fully saturated rings. The molecular weight excluding hydrogens is 243 g/mol. The lowest BCUT2D eigenvalue weighted by Gasteiger charge is -2.15. The zero-order chi connectivity index (χ0) is 13.2. The van der Waals surface area contributed by atoms with Crippen LogP contribution in [-0.4, -0.2) is 21.6 Å². The van der Waals surface area contributed by atoms with Gasteiger partial charge in [0.15, 0.2) is 0 Å². The fraction of sp³-hybridized carbons (Fsp3) is 0.143. The molecule has 5 heteroatoms. The monoisotopic (exact) mass is 256 g/mol. The molecular formula is C14H13FN4. The Hall–Kier alpha value is -2.27. The second kappa shape index (κ2) is 4.78. The predicted molar refractivity (Wildman–Crippen MR) is 70.3 cm³/mol. The lowest BCUT2D eigenvalue weighted by molar-refractivity contribution is 0.609. The van der Waals surface area contributed by atoms with Crippen molar-refractivity contribution < 1.29 is 4.39 Å². The zero-order valence-corrected chi connectivity index (χ0v) is 10.4. The van der Waals surface area contributed by atoms with Crippen LogP contribution in [0.15, 0.2) is 49.1 Å². The topological polar surface area (TPSA) is 42.2 Å². The molecule has 0 amide bonds. The Morgan fingerprint density at radius 1 is 1.26 bits per heavy atom. The number of aromatic nitrogens is 3. The first-order chi connectivity index (χ1) is 9.29. The molecule has 3 aromatic heterocycles. The summed E-state index contributed by atoms with van der Waals surface area (Å²) >= 11 is 0. The van der Waals surface area contributed by atoms with Gasteiger partial charge < -0.3 is 5.32 Å². The minimum Gasteiger partial charge on any atom is -0.309 e. The van der Waals surface area contributed by atoms with E-state index in [2.05, 4.69) is 15.4 Å². The summed E-state index contributed by atoms with van der Waals surface area (Å²) in [6.45, 7) is 0. The molecule has 0 saturated carbocycles. The quantitative estimate of drug-likeness (QED) is 0.781. The standard InChI is InChI=1S/C14H13FN4/c1-16-14(10-6-11(15)8-17-7-10)12-9-18-19-5-3-2-4-13(12)19/h2-9,14,16H,1H3. The summed E-state index contributed by atoms with van der Waals surface area (Å²) in [5.74, 6) is -0.339. The summed E-state index contributed by atoms with van der Waals surface area (Å²) in [6.07, 6.45) is 6.54. The summed E-state index contributed by atoms with van der Waals surface area (Å²) in [7, 11) is 1.84. The van der Waals surface area contributed by atoms with E-state index in [0.29, 0.717) is 0 Å². The Bertz CT molecular complexity index is 707. The van der Waals surface area contributed by atoms with E-state index < -0.39 is 0 Å². The Labute approximate surface area is 109 Å². The highest BCUT2D eigenvalue weighted by atomic mass is 19.1. The van der Waals surface area contributed by atoms with Gasteiger partial charge in [0, 0.05) is 18.0 Å². The Kier molecular flexibility index (Phi) is 2.97. The van der Waals surface area contributed by atoms with Crippen molar-refractivity contribution in [1.82, 2.24) is 19.9 Å². The molecule has 96 valence electrons. The molecule has 3 aromatic rings. The van der Waals surface area contributed by atoms with Gasteiger partial charge in [-0.1, -0.05) is 6.07 Å². The van der Waals surface area contributed by atoms with Gasteiger partial charge in [-0.25, -0.2) is 8.91 Å². The van der Waals surface area contributed by atoms with E-state index in [9.17, 15) is 4.39 Å². The largest absolute Gasteiger partial charge is 0.309 e. The Morgan fingerprint density at radius 2 is 2.16 bits per heavy atom. The second-order valence-electron chi connectivity index (χ2n) is 4.29. The Balaban J connectivity index is 2.12. The van der Waals surface area contributed by atoms with Gasteiger partial charge in [0.05, 0.1) is 24.0 Å². The predicted octanol–water partition coefficient (Wildman–Crippen LogP) is 2.18. The highest BCUT2D eigenvalue weighted by molar-refractivity contribution is 5.56. The van der Waals surface area contributed by atoms with Crippen LogP contribution in [0.5, 0.6) is 0 Å². The van der Waals surface area contributed by atoms with Crippen molar-refractivity contribution in [3.63, 3.8) is 0 Å². The number of pyridine rings is 2.